The molecule has 31 heavy (non-hydrogen) atoms. The number of hydrogen-bond donors (Lipinski definition) is 3. The quantitative estimate of drug-likeness (QED) is 0.543. The minimum absolute atomic E-state index is 0.185. The number of carbonyl (C=O) groups is 1. The van der Waals surface area contributed by atoms with Gasteiger partial charge < -0.3 is 20.5 Å². The van der Waals surface area contributed by atoms with Crippen LogP contribution in [0.5, 0.6) is 11.5 Å². The number of nitrogens with one attached hydrogen (secondary N) is 2. The molecule has 0 radical (unpaired) electrons. The molecule has 3 aromatic carbocycles. The number of aliphatic hydroxyl groups is 1. The Bertz CT molecular complexity index is 1010. The van der Waals surface area contributed by atoms with E-state index in [1.807, 2.05) is 48.5 Å². The fraction of sp³-hybridized carbons (Fsp3) is 0.240. The first-order valence-corrected chi connectivity index (χ1v) is 10.5. The monoisotopic (exact) mass is 417 g/mol. The maximum Gasteiger partial charge on any atom is 0.319 e. The standard InChI is InChI=1S/C25H27N3O3/c29-22(18-28-14-13-19-7-4-5-8-20(19)17-28)16-26-25(30)27-21-9-6-12-24(15-21)31-23-10-2-1-3-11-23/h1-12,15,22,29H,13-14,16-18H2,(H2,26,27,30). The molecule has 0 aliphatic carbocycles. The van der Waals surface area contributed by atoms with E-state index in [9.17, 15) is 9.90 Å². The van der Waals surface area contributed by atoms with Gasteiger partial charge in [0.2, 0.25) is 0 Å². The number of fused-ring (bicyclic) bond motifs is 1. The van der Waals surface area contributed by atoms with Crippen molar-refractivity contribution in [2.75, 3.05) is 25.0 Å². The van der Waals surface area contributed by atoms with Crippen LogP contribution in [0, 0.1) is 0 Å². The molecule has 1 unspecified atom stereocenters. The summed E-state index contributed by atoms with van der Waals surface area (Å²) in [4.78, 5) is 14.5. The van der Waals surface area contributed by atoms with Crippen molar-refractivity contribution in [2.24, 2.45) is 0 Å². The summed E-state index contributed by atoms with van der Waals surface area (Å²) >= 11 is 0. The smallest absolute Gasteiger partial charge is 0.319 e. The van der Waals surface area contributed by atoms with E-state index in [1.54, 1.807) is 12.1 Å². The van der Waals surface area contributed by atoms with Crippen molar-refractivity contribution in [3.05, 3.63) is 90.0 Å². The molecular weight excluding hydrogens is 390 g/mol. The van der Waals surface area contributed by atoms with Crippen molar-refractivity contribution in [3.8, 4) is 11.5 Å². The Morgan fingerprint density at radius 3 is 2.55 bits per heavy atom. The lowest BCUT2D eigenvalue weighted by molar-refractivity contribution is 0.106. The van der Waals surface area contributed by atoms with E-state index in [4.69, 9.17) is 4.74 Å². The van der Waals surface area contributed by atoms with Crippen molar-refractivity contribution < 1.29 is 14.6 Å². The molecule has 1 aliphatic rings. The largest absolute Gasteiger partial charge is 0.457 e. The molecule has 0 bridgehead atoms. The van der Waals surface area contributed by atoms with Crippen LogP contribution in [0.25, 0.3) is 0 Å². The predicted molar refractivity (Wildman–Crippen MR) is 121 cm³/mol. The van der Waals surface area contributed by atoms with Crippen molar-refractivity contribution in [2.45, 2.75) is 19.1 Å². The number of nitrogens with zero attached hydrogens (tertiary/aromatic N) is 1. The number of hydrogen-bond acceptors (Lipinski definition) is 4. The molecule has 3 aromatic rings. The van der Waals surface area contributed by atoms with Gasteiger partial charge in [-0.25, -0.2) is 4.79 Å². The number of para-hydroxylation sites is 1. The van der Waals surface area contributed by atoms with Crippen molar-refractivity contribution in [3.63, 3.8) is 0 Å². The van der Waals surface area contributed by atoms with Crippen LogP contribution in [0.4, 0.5) is 10.5 Å². The first-order valence-electron chi connectivity index (χ1n) is 10.5. The highest BCUT2D eigenvalue weighted by atomic mass is 16.5. The fourth-order valence-corrected chi connectivity index (χ4v) is 3.72. The van der Waals surface area contributed by atoms with Gasteiger partial charge in [-0.05, 0) is 41.8 Å². The molecule has 160 valence electrons. The van der Waals surface area contributed by atoms with Crippen molar-refractivity contribution >= 4 is 11.7 Å². The van der Waals surface area contributed by atoms with Gasteiger partial charge in [0.15, 0.2) is 0 Å². The van der Waals surface area contributed by atoms with Crippen LogP contribution in [-0.4, -0.2) is 41.8 Å². The van der Waals surface area contributed by atoms with Crippen LogP contribution in [0.2, 0.25) is 0 Å². The number of rotatable bonds is 7. The van der Waals surface area contributed by atoms with E-state index in [-0.39, 0.29) is 12.6 Å². The van der Waals surface area contributed by atoms with Gasteiger partial charge in [0, 0.05) is 37.9 Å². The van der Waals surface area contributed by atoms with Gasteiger partial charge in [-0.15, -0.1) is 0 Å². The lowest BCUT2D eigenvalue weighted by Gasteiger charge is -2.30. The number of anilines is 1. The van der Waals surface area contributed by atoms with E-state index in [2.05, 4.69) is 33.7 Å². The normalized spacial score (nSPS) is 14.4. The number of aliphatic hydroxyl groups excluding tert-OH is 1. The Morgan fingerprint density at radius 1 is 0.968 bits per heavy atom. The van der Waals surface area contributed by atoms with Gasteiger partial charge in [0.25, 0.3) is 0 Å². The summed E-state index contributed by atoms with van der Waals surface area (Å²) in [7, 11) is 0. The predicted octanol–water partition coefficient (Wildman–Crippen LogP) is 4.02. The SMILES string of the molecule is O=C(NCC(O)CN1CCc2ccccc2C1)Nc1cccc(Oc2ccccc2)c1. The topological polar surface area (TPSA) is 73.8 Å². The molecular formula is C25H27N3O3. The molecule has 6 heteroatoms. The van der Waals surface area contributed by atoms with Gasteiger partial charge in [-0.2, -0.15) is 0 Å². The second kappa shape index (κ2) is 10.1. The molecule has 3 N–H and O–H groups in total. The van der Waals surface area contributed by atoms with E-state index in [0.717, 1.165) is 25.3 Å². The molecule has 0 aromatic heterocycles. The third-order valence-electron chi connectivity index (χ3n) is 5.25. The maximum absolute atomic E-state index is 12.3. The van der Waals surface area contributed by atoms with Gasteiger partial charge in [-0.3, -0.25) is 4.90 Å². The molecule has 2 amide bonds. The Hall–Kier alpha value is -3.35. The third-order valence-corrected chi connectivity index (χ3v) is 5.25. The Morgan fingerprint density at radius 2 is 1.71 bits per heavy atom. The van der Waals surface area contributed by atoms with Crippen molar-refractivity contribution in [1.29, 1.82) is 0 Å². The minimum atomic E-state index is -0.635. The highest BCUT2D eigenvalue weighted by Gasteiger charge is 2.18. The van der Waals surface area contributed by atoms with Crippen molar-refractivity contribution in [1.82, 2.24) is 10.2 Å². The molecule has 0 saturated heterocycles. The zero-order valence-electron chi connectivity index (χ0n) is 17.3. The molecule has 1 heterocycles. The minimum Gasteiger partial charge on any atom is -0.457 e. The zero-order valence-corrected chi connectivity index (χ0v) is 17.3. The van der Waals surface area contributed by atoms with Gasteiger partial charge in [0.1, 0.15) is 11.5 Å². The highest BCUT2D eigenvalue weighted by molar-refractivity contribution is 5.89. The summed E-state index contributed by atoms with van der Waals surface area (Å²) in [6.07, 6.45) is 0.349. The summed E-state index contributed by atoms with van der Waals surface area (Å²) in [5.74, 6) is 1.36. The molecule has 1 aliphatic heterocycles. The second-order valence-electron chi connectivity index (χ2n) is 7.69. The van der Waals surface area contributed by atoms with Crippen LogP contribution in [0.3, 0.4) is 0 Å². The first kappa shape index (κ1) is 20.9. The number of benzene rings is 3. The van der Waals surface area contributed by atoms with Gasteiger partial charge in [0.05, 0.1) is 6.10 Å². The molecule has 4 rings (SSSR count). The molecule has 0 fully saturated rings. The number of amides is 2. The van der Waals surface area contributed by atoms with E-state index in [0.29, 0.717) is 18.0 Å². The highest BCUT2D eigenvalue weighted by Crippen LogP contribution is 2.23. The van der Waals surface area contributed by atoms with Crippen LogP contribution in [0.1, 0.15) is 11.1 Å². The van der Waals surface area contributed by atoms with E-state index < -0.39 is 6.10 Å². The number of β-amino-alcohol motifs (C(OH)–C–C–N with tert-alkyl or cyclic N) is 1. The van der Waals surface area contributed by atoms with Crippen LogP contribution in [-0.2, 0) is 13.0 Å². The Balaban J connectivity index is 1.22. The number of urea groups is 1. The molecule has 6 nitrogen and oxygen atoms in total. The van der Waals surface area contributed by atoms with Crippen LogP contribution < -0.4 is 15.4 Å². The molecule has 0 saturated carbocycles. The van der Waals surface area contributed by atoms with Gasteiger partial charge in [-0.1, -0.05) is 48.5 Å². The summed E-state index contributed by atoms with van der Waals surface area (Å²) in [5.41, 5.74) is 3.31. The average molecular weight is 418 g/mol. The van der Waals surface area contributed by atoms with E-state index in [1.165, 1.54) is 11.1 Å². The Kier molecular flexibility index (Phi) is 6.82. The first-order chi connectivity index (χ1) is 15.2. The molecule has 0 spiro atoms. The summed E-state index contributed by atoms with van der Waals surface area (Å²) in [6, 6.07) is 24.7. The van der Waals surface area contributed by atoms with E-state index >= 15 is 0 Å². The molecule has 1 atom stereocenters. The number of ether oxygens (including phenoxy) is 1. The summed E-state index contributed by atoms with van der Waals surface area (Å²) < 4.78 is 5.79. The lowest BCUT2D eigenvalue weighted by Crippen LogP contribution is -2.42. The maximum atomic E-state index is 12.3. The Labute approximate surface area is 182 Å². The summed E-state index contributed by atoms with van der Waals surface area (Å²) in [6.45, 7) is 2.45. The number of carbonyl (C=O) groups excluding carboxylic acids is 1. The zero-order chi connectivity index (χ0) is 21.5. The fourth-order valence-electron chi connectivity index (χ4n) is 3.72. The average Bonchev–Trinajstić information content (AvgIpc) is 2.79. The third kappa shape index (κ3) is 6.07. The summed E-state index contributed by atoms with van der Waals surface area (Å²) in [5, 5.41) is 15.9. The van der Waals surface area contributed by atoms with Crippen LogP contribution in [0.15, 0.2) is 78.9 Å². The lowest BCUT2D eigenvalue weighted by atomic mass is 10.00. The van der Waals surface area contributed by atoms with Crippen LogP contribution >= 0.6 is 0 Å². The second-order valence-corrected chi connectivity index (χ2v) is 7.69. The van der Waals surface area contributed by atoms with Gasteiger partial charge >= 0.3 is 6.03 Å².